The molecule has 126 valence electrons. The van der Waals surface area contributed by atoms with E-state index < -0.39 is 0 Å². The van der Waals surface area contributed by atoms with Gasteiger partial charge in [0.2, 0.25) is 0 Å². The zero-order chi connectivity index (χ0) is 16.9. The molecule has 1 aromatic carbocycles. The van der Waals surface area contributed by atoms with E-state index in [1.54, 1.807) is 12.3 Å². The normalized spacial score (nSPS) is 15.3. The number of anilines is 1. The van der Waals surface area contributed by atoms with Crippen molar-refractivity contribution in [1.82, 2.24) is 14.8 Å². The molecule has 0 spiro atoms. The van der Waals surface area contributed by atoms with Gasteiger partial charge in [-0.3, -0.25) is 4.79 Å². The molecule has 0 atom stereocenters. The highest BCUT2D eigenvalue weighted by Gasteiger charge is 2.21. The average Bonchev–Trinajstić information content (AvgIpc) is 2.62. The summed E-state index contributed by atoms with van der Waals surface area (Å²) in [5.74, 6) is 0.0215. The van der Waals surface area contributed by atoms with Gasteiger partial charge in [0.15, 0.2) is 0 Å². The Morgan fingerprint density at radius 3 is 2.42 bits per heavy atom. The molecule has 0 saturated carbocycles. The molecule has 3 rings (SSSR count). The number of nitrogens with zero attached hydrogens (tertiary/aromatic N) is 3. The second-order valence-electron chi connectivity index (χ2n) is 6.37. The predicted molar refractivity (Wildman–Crippen MR) is 96.1 cm³/mol. The fourth-order valence-electron chi connectivity index (χ4n) is 2.71. The first-order valence-corrected chi connectivity index (χ1v) is 8.35. The minimum absolute atomic E-state index is 0.0215. The molecule has 2 heterocycles. The molecule has 1 aromatic heterocycles. The van der Waals surface area contributed by atoms with Crippen LogP contribution < -0.4 is 5.32 Å². The van der Waals surface area contributed by atoms with Gasteiger partial charge in [0.1, 0.15) is 5.69 Å². The van der Waals surface area contributed by atoms with Gasteiger partial charge >= 0.3 is 0 Å². The molecular formula is C19H24N4O. The predicted octanol–water partition coefficient (Wildman–Crippen LogP) is 2.39. The number of hydrogen-bond donors (Lipinski definition) is 1. The smallest absolute Gasteiger partial charge is 0.272 e. The Morgan fingerprint density at radius 2 is 1.79 bits per heavy atom. The number of carbonyl (C=O) groups is 1. The Bertz CT molecular complexity index is 674. The zero-order valence-corrected chi connectivity index (χ0v) is 14.3. The fraction of sp³-hybridized carbons (Fsp3) is 0.368. The molecule has 0 bridgehead atoms. The van der Waals surface area contributed by atoms with Crippen molar-refractivity contribution in [2.45, 2.75) is 13.5 Å². The molecule has 2 aromatic rings. The van der Waals surface area contributed by atoms with E-state index in [0.29, 0.717) is 5.69 Å². The summed E-state index contributed by atoms with van der Waals surface area (Å²) >= 11 is 0. The molecule has 0 radical (unpaired) electrons. The minimum Gasteiger partial charge on any atom is -0.380 e. The van der Waals surface area contributed by atoms with Crippen LogP contribution in [0, 0.1) is 6.92 Å². The van der Waals surface area contributed by atoms with Crippen LogP contribution >= 0.6 is 0 Å². The lowest BCUT2D eigenvalue weighted by atomic mass is 10.1. The Kier molecular flexibility index (Phi) is 5.11. The lowest BCUT2D eigenvalue weighted by Crippen LogP contribution is -2.47. The third-order valence-corrected chi connectivity index (χ3v) is 4.39. The molecule has 1 aliphatic rings. The topological polar surface area (TPSA) is 48.5 Å². The number of benzene rings is 1. The Hall–Kier alpha value is -2.40. The van der Waals surface area contributed by atoms with Crippen LogP contribution in [0.25, 0.3) is 0 Å². The van der Waals surface area contributed by atoms with E-state index in [1.165, 1.54) is 11.1 Å². The van der Waals surface area contributed by atoms with Crippen molar-refractivity contribution in [2.75, 3.05) is 38.5 Å². The molecule has 24 heavy (non-hydrogen) atoms. The summed E-state index contributed by atoms with van der Waals surface area (Å²) < 4.78 is 0. The number of amides is 1. The molecule has 1 aliphatic heterocycles. The van der Waals surface area contributed by atoms with Crippen molar-refractivity contribution in [3.05, 3.63) is 59.4 Å². The number of aryl methyl sites for hydroxylation is 1. The number of hydrogen-bond acceptors (Lipinski definition) is 4. The standard InChI is InChI=1S/C19H24N4O/c1-15-3-5-16(6-4-15)13-20-17-7-8-18(21-14-17)19(24)23-11-9-22(2)10-12-23/h3-8,14,20H,9-13H2,1-2H3. The van der Waals surface area contributed by atoms with Crippen LogP contribution in [0.2, 0.25) is 0 Å². The maximum atomic E-state index is 12.5. The van der Waals surface area contributed by atoms with Crippen LogP contribution in [0.3, 0.4) is 0 Å². The van der Waals surface area contributed by atoms with Gasteiger partial charge in [0.25, 0.3) is 5.91 Å². The highest BCUT2D eigenvalue weighted by Crippen LogP contribution is 2.12. The molecule has 1 saturated heterocycles. The van der Waals surface area contributed by atoms with Gasteiger partial charge in [-0.15, -0.1) is 0 Å². The number of piperazine rings is 1. The second-order valence-corrected chi connectivity index (χ2v) is 6.37. The zero-order valence-electron chi connectivity index (χ0n) is 14.3. The number of carbonyl (C=O) groups excluding carboxylic acids is 1. The quantitative estimate of drug-likeness (QED) is 0.938. The van der Waals surface area contributed by atoms with Crippen LogP contribution in [0.5, 0.6) is 0 Å². The van der Waals surface area contributed by atoms with Crippen molar-refractivity contribution in [1.29, 1.82) is 0 Å². The fourth-order valence-corrected chi connectivity index (χ4v) is 2.71. The van der Waals surface area contributed by atoms with Crippen LogP contribution in [0.4, 0.5) is 5.69 Å². The molecular weight excluding hydrogens is 300 g/mol. The molecule has 1 fully saturated rings. The first kappa shape index (κ1) is 16.5. The molecule has 0 unspecified atom stereocenters. The lowest BCUT2D eigenvalue weighted by Gasteiger charge is -2.32. The second kappa shape index (κ2) is 7.45. The van der Waals surface area contributed by atoms with E-state index in [2.05, 4.69) is 53.4 Å². The SMILES string of the molecule is Cc1ccc(CNc2ccc(C(=O)N3CCN(C)CC3)nc2)cc1. The van der Waals surface area contributed by atoms with E-state index in [9.17, 15) is 4.79 Å². The summed E-state index contributed by atoms with van der Waals surface area (Å²) in [6, 6.07) is 12.2. The van der Waals surface area contributed by atoms with Crippen molar-refractivity contribution in [3.8, 4) is 0 Å². The molecule has 5 heteroatoms. The van der Waals surface area contributed by atoms with Gasteiger partial charge in [-0.05, 0) is 31.7 Å². The van der Waals surface area contributed by atoms with Crippen LogP contribution in [-0.2, 0) is 6.54 Å². The third kappa shape index (κ3) is 4.11. The Balaban J connectivity index is 1.56. The van der Waals surface area contributed by atoms with Crippen LogP contribution in [-0.4, -0.2) is 53.9 Å². The number of nitrogens with one attached hydrogen (secondary N) is 1. The van der Waals surface area contributed by atoms with E-state index in [0.717, 1.165) is 38.4 Å². The van der Waals surface area contributed by atoms with Crippen molar-refractivity contribution in [2.24, 2.45) is 0 Å². The third-order valence-electron chi connectivity index (χ3n) is 4.39. The monoisotopic (exact) mass is 324 g/mol. The van der Waals surface area contributed by atoms with Gasteiger partial charge in [0.05, 0.1) is 11.9 Å². The summed E-state index contributed by atoms with van der Waals surface area (Å²) in [7, 11) is 2.08. The molecule has 1 amide bonds. The van der Waals surface area contributed by atoms with Gasteiger partial charge in [-0.1, -0.05) is 29.8 Å². The highest BCUT2D eigenvalue weighted by molar-refractivity contribution is 5.92. The molecule has 5 nitrogen and oxygen atoms in total. The molecule has 1 N–H and O–H groups in total. The number of rotatable bonds is 4. The summed E-state index contributed by atoms with van der Waals surface area (Å²) in [6.07, 6.45) is 1.73. The van der Waals surface area contributed by atoms with E-state index in [1.807, 2.05) is 11.0 Å². The summed E-state index contributed by atoms with van der Waals surface area (Å²) in [6.45, 7) is 6.20. The number of pyridine rings is 1. The largest absolute Gasteiger partial charge is 0.380 e. The first-order valence-electron chi connectivity index (χ1n) is 8.35. The summed E-state index contributed by atoms with van der Waals surface area (Å²) in [4.78, 5) is 20.9. The minimum atomic E-state index is 0.0215. The maximum absolute atomic E-state index is 12.5. The van der Waals surface area contributed by atoms with Crippen LogP contribution in [0.1, 0.15) is 21.6 Å². The van der Waals surface area contributed by atoms with Gasteiger partial charge in [-0.2, -0.15) is 0 Å². The Labute approximate surface area is 143 Å². The van der Waals surface area contributed by atoms with Crippen LogP contribution in [0.15, 0.2) is 42.6 Å². The summed E-state index contributed by atoms with van der Waals surface area (Å²) in [5.41, 5.74) is 3.91. The van der Waals surface area contributed by atoms with Crippen molar-refractivity contribution >= 4 is 11.6 Å². The Morgan fingerprint density at radius 1 is 1.08 bits per heavy atom. The van der Waals surface area contributed by atoms with E-state index in [4.69, 9.17) is 0 Å². The number of likely N-dealkylation sites (N-methyl/N-ethyl adjacent to an activating group) is 1. The first-order chi connectivity index (χ1) is 11.6. The summed E-state index contributed by atoms with van der Waals surface area (Å²) in [5, 5.41) is 3.34. The highest BCUT2D eigenvalue weighted by atomic mass is 16.2. The average molecular weight is 324 g/mol. The lowest BCUT2D eigenvalue weighted by molar-refractivity contribution is 0.0658. The maximum Gasteiger partial charge on any atom is 0.272 e. The van der Waals surface area contributed by atoms with Gasteiger partial charge in [-0.25, -0.2) is 4.98 Å². The number of aromatic nitrogens is 1. The van der Waals surface area contributed by atoms with E-state index in [-0.39, 0.29) is 5.91 Å². The molecule has 0 aliphatic carbocycles. The van der Waals surface area contributed by atoms with Gasteiger partial charge < -0.3 is 15.1 Å². The van der Waals surface area contributed by atoms with Crippen molar-refractivity contribution < 1.29 is 4.79 Å². The van der Waals surface area contributed by atoms with Gasteiger partial charge in [0, 0.05) is 32.7 Å². The van der Waals surface area contributed by atoms with Crippen molar-refractivity contribution in [3.63, 3.8) is 0 Å². The van der Waals surface area contributed by atoms with E-state index >= 15 is 0 Å².